The van der Waals surface area contributed by atoms with E-state index >= 15 is 0 Å². The highest BCUT2D eigenvalue weighted by Gasteiger charge is 2.31. The largest absolute Gasteiger partial charge is 0.491 e. The van der Waals surface area contributed by atoms with Gasteiger partial charge in [0.1, 0.15) is 23.1 Å². The van der Waals surface area contributed by atoms with E-state index in [2.05, 4.69) is 21.4 Å². The molecular formula is C25H21ClN6O3. The number of aromatic amines is 1. The van der Waals surface area contributed by atoms with Crippen molar-refractivity contribution in [1.29, 1.82) is 5.26 Å². The van der Waals surface area contributed by atoms with E-state index in [4.69, 9.17) is 26.8 Å². The van der Waals surface area contributed by atoms with E-state index in [0.29, 0.717) is 63.0 Å². The normalized spacial score (nSPS) is 14.9. The van der Waals surface area contributed by atoms with Gasteiger partial charge in [0.25, 0.3) is 5.56 Å². The standard InChI is InChI=1S/C25H21ClN6O3/c26-19-9-21(35-14-3-4-14)17(10-27)22-23-18(12-29-32(23)6-1-7-34-24(19)22)13-2-5-15-16(8-13)20(11-28)30-31-25(15)33/h2,5,8-9,12,14H,1,3-4,6-7,11,28H2,(H,31,33). The number of aryl methyl sites for hydroxylation is 1. The fourth-order valence-corrected chi connectivity index (χ4v) is 4.75. The third-order valence-corrected chi connectivity index (χ3v) is 6.62. The Morgan fingerprint density at radius 1 is 1.31 bits per heavy atom. The predicted molar refractivity (Wildman–Crippen MR) is 130 cm³/mol. The minimum Gasteiger partial charge on any atom is -0.491 e. The van der Waals surface area contributed by atoms with Crippen LogP contribution >= 0.6 is 11.6 Å². The van der Waals surface area contributed by atoms with Gasteiger partial charge in [-0.05, 0) is 30.5 Å². The number of halogens is 1. The number of benzene rings is 2. The third-order valence-electron chi connectivity index (χ3n) is 6.34. The third kappa shape index (κ3) is 3.62. The number of aromatic nitrogens is 4. The van der Waals surface area contributed by atoms with Crippen LogP contribution < -0.4 is 20.8 Å². The van der Waals surface area contributed by atoms with Crippen molar-refractivity contribution in [1.82, 2.24) is 20.0 Å². The Kier molecular flexibility index (Phi) is 5.20. The summed E-state index contributed by atoms with van der Waals surface area (Å²) in [4.78, 5) is 12.3. The van der Waals surface area contributed by atoms with Crippen LogP contribution in [0, 0.1) is 11.3 Å². The molecule has 1 fully saturated rings. The first-order chi connectivity index (χ1) is 17.1. The Balaban J connectivity index is 1.63. The average molecular weight is 489 g/mol. The Morgan fingerprint density at radius 2 is 2.17 bits per heavy atom. The molecule has 1 aliphatic heterocycles. The van der Waals surface area contributed by atoms with Crippen LogP contribution in [0.2, 0.25) is 5.02 Å². The second-order valence-electron chi connectivity index (χ2n) is 8.66. The van der Waals surface area contributed by atoms with Crippen molar-refractivity contribution < 1.29 is 9.47 Å². The molecule has 9 nitrogen and oxygen atoms in total. The molecule has 1 aliphatic carbocycles. The van der Waals surface area contributed by atoms with Crippen molar-refractivity contribution in [2.75, 3.05) is 6.61 Å². The van der Waals surface area contributed by atoms with Crippen molar-refractivity contribution in [3.8, 4) is 40.0 Å². The fourth-order valence-electron chi connectivity index (χ4n) is 4.51. The SMILES string of the molecule is N#Cc1c(OC2CC2)cc(Cl)c2c1-c1c(-c3ccc4c(=O)[nH]nc(CN)c4c3)cnn1CCCO2. The quantitative estimate of drug-likeness (QED) is 0.447. The number of fused-ring (bicyclic) bond motifs is 4. The molecule has 3 heterocycles. The summed E-state index contributed by atoms with van der Waals surface area (Å²) in [7, 11) is 0. The molecule has 0 unspecified atom stereocenters. The Morgan fingerprint density at radius 3 is 2.94 bits per heavy atom. The molecule has 35 heavy (non-hydrogen) atoms. The van der Waals surface area contributed by atoms with Gasteiger partial charge in [-0.25, -0.2) is 5.10 Å². The highest BCUT2D eigenvalue weighted by Crippen LogP contribution is 2.48. The lowest BCUT2D eigenvalue weighted by atomic mass is 9.95. The zero-order valence-electron chi connectivity index (χ0n) is 18.7. The van der Waals surface area contributed by atoms with Gasteiger partial charge in [0.15, 0.2) is 0 Å². The van der Waals surface area contributed by atoms with Gasteiger partial charge in [0, 0.05) is 36.5 Å². The maximum absolute atomic E-state index is 12.3. The van der Waals surface area contributed by atoms with Crippen LogP contribution in [0.3, 0.4) is 0 Å². The average Bonchev–Trinajstić information content (AvgIpc) is 3.58. The summed E-state index contributed by atoms with van der Waals surface area (Å²) in [5, 5.41) is 23.0. The van der Waals surface area contributed by atoms with Gasteiger partial charge in [-0.1, -0.05) is 17.7 Å². The molecule has 176 valence electrons. The van der Waals surface area contributed by atoms with E-state index in [0.717, 1.165) is 30.4 Å². The summed E-state index contributed by atoms with van der Waals surface area (Å²) in [6.45, 7) is 1.22. The van der Waals surface area contributed by atoms with E-state index in [1.165, 1.54) is 0 Å². The molecule has 2 aliphatic rings. The van der Waals surface area contributed by atoms with Crippen LogP contribution in [-0.4, -0.2) is 32.7 Å². The van der Waals surface area contributed by atoms with Gasteiger partial charge in [-0.3, -0.25) is 9.48 Å². The van der Waals surface area contributed by atoms with Crippen LogP contribution in [-0.2, 0) is 13.1 Å². The molecule has 2 aromatic heterocycles. The number of ether oxygens (including phenoxy) is 2. The Hall–Kier alpha value is -3.87. The van der Waals surface area contributed by atoms with E-state index < -0.39 is 0 Å². The molecule has 1 saturated carbocycles. The fraction of sp³-hybridized carbons (Fsp3) is 0.280. The smallest absolute Gasteiger partial charge is 0.272 e. The molecule has 0 amide bonds. The van der Waals surface area contributed by atoms with E-state index in [-0.39, 0.29) is 18.2 Å². The van der Waals surface area contributed by atoms with Crippen LogP contribution in [0.4, 0.5) is 0 Å². The van der Waals surface area contributed by atoms with Crippen molar-refractivity contribution >= 4 is 22.4 Å². The van der Waals surface area contributed by atoms with Gasteiger partial charge in [0.2, 0.25) is 0 Å². The first kappa shape index (κ1) is 21.6. The number of nitrogens with zero attached hydrogens (tertiary/aromatic N) is 4. The summed E-state index contributed by atoms with van der Waals surface area (Å²) >= 11 is 6.67. The van der Waals surface area contributed by atoms with Crippen molar-refractivity contribution in [2.45, 2.75) is 38.5 Å². The zero-order chi connectivity index (χ0) is 24.1. The first-order valence-electron chi connectivity index (χ1n) is 11.4. The summed E-state index contributed by atoms with van der Waals surface area (Å²) in [5.74, 6) is 0.886. The molecule has 0 spiro atoms. The highest BCUT2D eigenvalue weighted by molar-refractivity contribution is 6.33. The van der Waals surface area contributed by atoms with Crippen LogP contribution in [0.15, 0.2) is 35.3 Å². The summed E-state index contributed by atoms with van der Waals surface area (Å²) in [6.07, 6.45) is 4.48. The lowest BCUT2D eigenvalue weighted by Crippen LogP contribution is -2.14. The number of nitriles is 1. The van der Waals surface area contributed by atoms with E-state index in [1.807, 2.05) is 16.8 Å². The van der Waals surface area contributed by atoms with Crippen molar-refractivity contribution in [2.24, 2.45) is 5.73 Å². The van der Waals surface area contributed by atoms with E-state index in [9.17, 15) is 10.1 Å². The van der Waals surface area contributed by atoms with Gasteiger partial charge < -0.3 is 15.2 Å². The number of hydrogen-bond donors (Lipinski definition) is 2. The molecular weight excluding hydrogens is 468 g/mol. The number of rotatable bonds is 4. The minimum atomic E-state index is -0.284. The summed E-state index contributed by atoms with van der Waals surface area (Å²) < 4.78 is 14.0. The number of hydrogen-bond acceptors (Lipinski definition) is 7. The molecule has 0 atom stereocenters. The molecule has 6 rings (SSSR count). The monoisotopic (exact) mass is 488 g/mol. The Bertz CT molecular complexity index is 1580. The summed E-state index contributed by atoms with van der Waals surface area (Å²) in [6, 6.07) is 9.48. The van der Waals surface area contributed by atoms with Crippen LogP contribution in [0.5, 0.6) is 11.5 Å². The molecule has 10 heteroatoms. The second-order valence-corrected chi connectivity index (χ2v) is 9.07. The lowest BCUT2D eigenvalue weighted by Gasteiger charge is -2.22. The zero-order valence-corrected chi connectivity index (χ0v) is 19.4. The van der Waals surface area contributed by atoms with Crippen molar-refractivity contribution in [3.05, 3.63) is 57.1 Å². The van der Waals surface area contributed by atoms with Gasteiger partial charge in [0.05, 0.1) is 46.3 Å². The second kappa shape index (κ2) is 8.41. The van der Waals surface area contributed by atoms with Crippen LogP contribution in [0.1, 0.15) is 30.5 Å². The van der Waals surface area contributed by atoms with Crippen LogP contribution in [0.25, 0.3) is 33.2 Å². The lowest BCUT2D eigenvalue weighted by molar-refractivity contribution is 0.289. The van der Waals surface area contributed by atoms with Gasteiger partial charge in [-0.2, -0.15) is 15.5 Å². The van der Waals surface area contributed by atoms with E-state index in [1.54, 1.807) is 18.3 Å². The number of nitrogens with two attached hydrogens (primary N) is 1. The molecule has 4 aromatic rings. The highest BCUT2D eigenvalue weighted by atomic mass is 35.5. The van der Waals surface area contributed by atoms with Gasteiger partial charge in [-0.15, -0.1) is 0 Å². The molecule has 0 saturated heterocycles. The maximum atomic E-state index is 12.3. The topological polar surface area (TPSA) is 132 Å². The number of nitrogens with one attached hydrogen (secondary N) is 1. The molecule has 0 radical (unpaired) electrons. The Labute approximate surface area is 205 Å². The molecule has 2 aromatic carbocycles. The minimum absolute atomic E-state index is 0.0934. The molecule has 0 bridgehead atoms. The van der Waals surface area contributed by atoms with Crippen molar-refractivity contribution in [3.63, 3.8) is 0 Å². The predicted octanol–water partition coefficient (Wildman–Crippen LogP) is 3.76. The summed E-state index contributed by atoms with van der Waals surface area (Å²) in [5.41, 5.74) is 9.40. The first-order valence-corrected chi connectivity index (χ1v) is 11.8. The van der Waals surface area contributed by atoms with Gasteiger partial charge >= 0.3 is 0 Å². The number of H-pyrrole nitrogens is 1. The molecule has 3 N–H and O–H groups in total. The maximum Gasteiger partial charge on any atom is 0.272 e.